The highest BCUT2D eigenvalue weighted by Crippen LogP contribution is 2.37. The third kappa shape index (κ3) is 6.28. The zero-order valence-corrected chi connectivity index (χ0v) is 19.9. The van der Waals surface area contributed by atoms with Crippen LogP contribution in [-0.2, 0) is 10.8 Å². The van der Waals surface area contributed by atoms with Gasteiger partial charge < -0.3 is 10.6 Å². The molecule has 1 aliphatic heterocycles. The lowest BCUT2D eigenvalue weighted by molar-refractivity contribution is 0.128. The fraction of sp³-hybridized carbons (Fsp3) is 0.773. The number of aliphatic imine (C=N–C) groups is 1. The van der Waals surface area contributed by atoms with Gasteiger partial charge in [-0.2, -0.15) is 0 Å². The Morgan fingerprint density at radius 1 is 1.31 bits per heavy atom. The molecule has 2 aliphatic rings. The molecule has 1 aromatic rings. The summed E-state index contributed by atoms with van der Waals surface area (Å²) in [6, 6.07) is 5.28. The Morgan fingerprint density at radius 3 is 2.90 bits per heavy atom. The van der Waals surface area contributed by atoms with Crippen LogP contribution in [0.3, 0.4) is 0 Å². The lowest BCUT2D eigenvalue weighted by Crippen LogP contribution is -2.47. The first-order chi connectivity index (χ1) is 14.1. The molecule has 0 amide bonds. The van der Waals surface area contributed by atoms with Crippen LogP contribution in [0.15, 0.2) is 22.5 Å². The van der Waals surface area contributed by atoms with Crippen molar-refractivity contribution in [1.82, 2.24) is 15.5 Å². The minimum Gasteiger partial charge on any atom is -0.357 e. The third-order valence-electron chi connectivity index (χ3n) is 6.29. The van der Waals surface area contributed by atoms with Crippen molar-refractivity contribution in [3.63, 3.8) is 0 Å². The van der Waals surface area contributed by atoms with Crippen molar-refractivity contribution < 1.29 is 4.21 Å². The van der Waals surface area contributed by atoms with Crippen LogP contribution in [0.4, 0.5) is 0 Å². The molecule has 0 spiro atoms. The molecule has 5 nitrogen and oxygen atoms in total. The molecule has 5 unspecified atom stereocenters. The number of nitrogens with zero attached hydrogens (tertiary/aromatic N) is 2. The Labute approximate surface area is 183 Å². The van der Waals surface area contributed by atoms with Crippen molar-refractivity contribution in [3.05, 3.63) is 22.4 Å². The van der Waals surface area contributed by atoms with E-state index in [0.29, 0.717) is 23.3 Å². The molecular formula is C22H38N4OS2. The van der Waals surface area contributed by atoms with E-state index in [1.54, 1.807) is 0 Å². The molecule has 5 atom stereocenters. The average molecular weight is 439 g/mol. The van der Waals surface area contributed by atoms with Gasteiger partial charge in [-0.15, -0.1) is 11.3 Å². The molecule has 0 aromatic carbocycles. The third-order valence-corrected chi connectivity index (χ3v) is 8.98. The topological polar surface area (TPSA) is 56.7 Å². The normalized spacial score (nSPS) is 30.1. The van der Waals surface area contributed by atoms with Gasteiger partial charge in [-0.05, 0) is 70.0 Å². The van der Waals surface area contributed by atoms with Gasteiger partial charge in [0.2, 0.25) is 0 Å². The lowest BCUT2D eigenvalue weighted by Gasteiger charge is -2.38. The van der Waals surface area contributed by atoms with E-state index in [1.165, 1.54) is 24.3 Å². The highest BCUT2D eigenvalue weighted by atomic mass is 32.2. The molecule has 1 aromatic heterocycles. The van der Waals surface area contributed by atoms with E-state index < -0.39 is 10.8 Å². The molecule has 1 saturated carbocycles. The highest BCUT2D eigenvalue weighted by Gasteiger charge is 2.31. The largest absolute Gasteiger partial charge is 0.357 e. The van der Waals surface area contributed by atoms with E-state index >= 15 is 0 Å². The maximum absolute atomic E-state index is 12.3. The van der Waals surface area contributed by atoms with Crippen LogP contribution in [0.2, 0.25) is 0 Å². The maximum Gasteiger partial charge on any atom is 0.191 e. The summed E-state index contributed by atoms with van der Waals surface area (Å²) in [6.45, 7) is 7.03. The van der Waals surface area contributed by atoms with E-state index in [1.807, 2.05) is 18.3 Å². The van der Waals surface area contributed by atoms with Crippen LogP contribution in [0, 0.1) is 5.92 Å². The van der Waals surface area contributed by atoms with E-state index in [4.69, 9.17) is 4.99 Å². The van der Waals surface area contributed by atoms with Crippen molar-refractivity contribution in [2.45, 2.75) is 69.7 Å². The van der Waals surface area contributed by atoms with Gasteiger partial charge in [0.1, 0.15) is 0 Å². The monoisotopic (exact) mass is 438 g/mol. The number of nitrogens with one attached hydrogen (secondary N) is 2. The zero-order chi connectivity index (χ0) is 20.6. The molecular weight excluding hydrogens is 400 g/mol. The summed E-state index contributed by atoms with van der Waals surface area (Å²) in [5.74, 6) is 2.25. The predicted octanol–water partition coefficient (Wildman–Crippen LogP) is 3.77. The standard InChI is InChI=1S/C22H38N4OS2/c1-4-23-22(25-18-10-6-11-19(15-18)29(27)5-2)24-16-17-9-7-13-26(3)21(17)20-12-8-14-28-20/h8,12,14,17-19,21H,4-7,9-11,13,15-16H2,1-3H3,(H2,23,24,25). The summed E-state index contributed by atoms with van der Waals surface area (Å²) in [4.78, 5) is 8.97. The highest BCUT2D eigenvalue weighted by molar-refractivity contribution is 7.85. The molecule has 1 aliphatic carbocycles. The summed E-state index contributed by atoms with van der Waals surface area (Å²) in [5, 5.41) is 9.62. The Bertz CT molecular complexity index is 664. The Balaban J connectivity index is 1.64. The fourth-order valence-electron chi connectivity index (χ4n) is 4.83. The molecule has 7 heteroatoms. The molecule has 0 radical (unpaired) electrons. The van der Waals surface area contributed by atoms with Crippen LogP contribution < -0.4 is 10.6 Å². The van der Waals surface area contributed by atoms with Crippen molar-refractivity contribution in [2.24, 2.45) is 10.9 Å². The molecule has 2 fully saturated rings. The zero-order valence-electron chi connectivity index (χ0n) is 18.2. The Hall–Kier alpha value is -0.920. The van der Waals surface area contributed by atoms with Crippen LogP contribution in [-0.4, -0.2) is 58.8 Å². The van der Waals surface area contributed by atoms with Crippen LogP contribution in [0.5, 0.6) is 0 Å². The van der Waals surface area contributed by atoms with Gasteiger partial charge in [-0.25, -0.2) is 0 Å². The summed E-state index contributed by atoms with van der Waals surface area (Å²) < 4.78 is 12.3. The van der Waals surface area contributed by atoms with Gasteiger partial charge in [-0.1, -0.05) is 19.4 Å². The first kappa shape index (κ1) is 22.8. The molecule has 29 heavy (non-hydrogen) atoms. The summed E-state index contributed by atoms with van der Waals surface area (Å²) in [5.41, 5.74) is 0. The van der Waals surface area contributed by atoms with Gasteiger partial charge in [0, 0.05) is 51.9 Å². The maximum atomic E-state index is 12.3. The number of rotatable bonds is 7. The van der Waals surface area contributed by atoms with E-state index in [2.05, 4.69) is 47.0 Å². The van der Waals surface area contributed by atoms with E-state index in [-0.39, 0.29) is 0 Å². The molecule has 1 saturated heterocycles. The molecule has 2 heterocycles. The minimum absolute atomic E-state index is 0.337. The van der Waals surface area contributed by atoms with Crippen LogP contribution >= 0.6 is 11.3 Å². The van der Waals surface area contributed by atoms with Crippen molar-refractivity contribution in [1.29, 1.82) is 0 Å². The van der Waals surface area contributed by atoms with Gasteiger partial charge >= 0.3 is 0 Å². The second-order valence-electron chi connectivity index (χ2n) is 8.36. The number of piperidine rings is 1. The van der Waals surface area contributed by atoms with Gasteiger partial charge in [0.25, 0.3) is 0 Å². The number of thiophene rings is 1. The SMILES string of the molecule is CCNC(=NCC1CCCN(C)C1c1cccs1)NC1CCCC(S(=O)CC)C1. The second-order valence-corrected chi connectivity index (χ2v) is 11.3. The predicted molar refractivity (Wildman–Crippen MR) is 126 cm³/mol. The number of guanidine groups is 1. The fourth-order valence-corrected chi connectivity index (χ4v) is 7.16. The molecule has 2 N–H and O–H groups in total. The molecule has 164 valence electrons. The van der Waals surface area contributed by atoms with Crippen molar-refractivity contribution >= 4 is 28.1 Å². The average Bonchev–Trinajstić information content (AvgIpc) is 3.26. The smallest absolute Gasteiger partial charge is 0.191 e. The van der Waals surface area contributed by atoms with Crippen molar-refractivity contribution in [3.8, 4) is 0 Å². The Morgan fingerprint density at radius 2 is 2.17 bits per heavy atom. The second kappa shape index (κ2) is 11.5. The molecule has 0 bridgehead atoms. The number of hydrogen-bond donors (Lipinski definition) is 2. The summed E-state index contributed by atoms with van der Waals surface area (Å²) in [6.07, 6.45) is 6.87. The minimum atomic E-state index is -0.691. The van der Waals surface area contributed by atoms with Gasteiger partial charge in [0.15, 0.2) is 5.96 Å². The Kier molecular flexibility index (Phi) is 9.00. The first-order valence-electron chi connectivity index (χ1n) is 11.3. The van der Waals surface area contributed by atoms with E-state index in [0.717, 1.165) is 50.5 Å². The van der Waals surface area contributed by atoms with Crippen LogP contribution in [0.25, 0.3) is 0 Å². The summed E-state index contributed by atoms with van der Waals surface area (Å²) in [7, 11) is 1.56. The molecule has 3 rings (SSSR count). The number of likely N-dealkylation sites (tertiary alicyclic amines) is 1. The van der Waals surface area contributed by atoms with Crippen LogP contribution in [0.1, 0.15) is 63.3 Å². The van der Waals surface area contributed by atoms with Gasteiger partial charge in [0.05, 0.1) is 0 Å². The lowest BCUT2D eigenvalue weighted by atomic mass is 9.88. The first-order valence-corrected chi connectivity index (χ1v) is 13.5. The quantitative estimate of drug-likeness (QED) is 0.503. The van der Waals surface area contributed by atoms with Gasteiger partial charge in [-0.3, -0.25) is 14.1 Å². The van der Waals surface area contributed by atoms with Crippen molar-refractivity contribution in [2.75, 3.05) is 32.4 Å². The van der Waals surface area contributed by atoms with E-state index in [9.17, 15) is 4.21 Å². The number of hydrogen-bond acceptors (Lipinski definition) is 4. The summed E-state index contributed by atoms with van der Waals surface area (Å²) >= 11 is 1.86.